The molecule has 0 aromatic rings. The second-order valence-electron chi connectivity index (χ2n) is 9.39. The first-order chi connectivity index (χ1) is 11.8. The summed E-state index contributed by atoms with van der Waals surface area (Å²) in [7, 11) is 8.15. The maximum atomic E-state index is 4.25. The third kappa shape index (κ3) is 20.9. The van der Waals surface area contributed by atoms with E-state index in [1.54, 1.807) is 0 Å². The van der Waals surface area contributed by atoms with Crippen molar-refractivity contribution in [1.29, 1.82) is 0 Å². The van der Waals surface area contributed by atoms with Crippen molar-refractivity contribution in [2.24, 2.45) is 22.7 Å². The molecule has 1 unspecified atom stereocenters. The Bertz CT molecular complexity index is 431. The number of rotatable bonds is 7. The molecular weight excluding hydrogens is 679 g/mol. The minimum Gasteiger partial charge on any atom is -0.337 e. The Kier molecular flexibility index (Phi) is 28.9. The average Bonchev–Trinajstić information content (AvgIpc) is 2.52. The molecular formula is C23H48N2V2WY-2. The van der Waals surface area contributed by atoms with Crippen LogP contribution in [0.1, 0.15) is 75.7 Å². The second kappa shape index (κ2) is 20.0. The minimum absolute atomic E-state index is 0. The van der Waals surface area contributed by atoms with Crippen molar-refractivity contribution in [1.82, 2.24) is 9.80 Å². The Morgan fingerprint density at radius 2 is 1.24 bits per heavy atom. The van der Waals surface area contributed by atoms with Crippen molar-refractivity contribution in [2.75, 3.05) is 28.2 Å². The first kappa shape index (κ1) is 41.8. The van der Waals surface area contributed by atoms with Crippen LogP contribution in [0.2, 0.25) is 0 Å². The Balaban J connectivity index is -0.000000109. The van der Waals surface area contributed by atoms with E-state index >= 15 is 0 Å². The van der Waals surface area contributed by atoms with Gasteiger partial charge in [0, 0.05) is 53.8 Å². The van der Waals surface area contributed by atoms with Gasteiger partial charge in [0.1, 0.15) is 0 Å². The van der Waals surface area contributed by atoms with E-state index in [0.717, 1.165) is 6.42 Å². The summed E-state index contributed by atoms with van der Waals surface area (Å²) in [6, 6.07) is 0. The van der Waals surface area contributed by atoms with Gasteiger partial charge in [0.2, 0.25) is 0 Å². The molecule has 2 atom stereocenters. The van der Waals surface area contributed by atoms with Crippen molar-refractivity contribution >= 4 is 8.70 Å². The summed E-state index contributed by atoms with van der Waals surface area (Å²) >= 11 is 5.04. The van der Waals surface area contributed by atoms with Gasteiger partial charge in [-0.1, -0.05) is 53.4 Å². The van der Waals surface area contributed by atoms with Crippen LogP contribution >= 0.6 is 0 Å². The zero-order valence-electron chi connectivity index (χ0n) is 21.8. The third-order valence-electron chi connectivity index (χ3n) is 5.89. The van der Waals surface area contributed by atoms with Crippen LogP contribution < -0.4 is 0 Å². The fraction of sp³-hybridized carbons (Fsp3) is 0.826. The molecule has 0 bridgehead atoms. The van der Waals surface area contributed by atoms with E-state index < -0.39 is 0 Å². The molecule has 0 aliphatic heterocycles. The summed E-state index contributed by atoms with van der Waals surface area (Å²) in [5.74, 6) is 2.81. The van der Waals surface area contributed by atoms with E-state index in [0.29, 0.717) is 17.3 Å². The molecule has 171 valence electrons. The van der Waals surface area contributed by atoms with Crippen LogP contribution in [0, 0.1) is 35.5 Å². The Morgan fingerprint density at radius 1 is 0.931 bits per heavy atom. The molecule has 0 rings (SSSR count). The average molecular weight is 727 g/mol. The van der Waals surface area contributed by atoms with E-state index in [-0.39, 0.29) is 59.2 Å². The molecule has 0 aliphatic carbocycles. The van der Waals surface area contributed by atoms with Gasteiger partial charge in [-0.15, -0.1) is 0 Å². The normalized spacial score (nSPS) is 13.1. The van der Waals surface area contributed by atoms with Crippen LogP contribution in [0.5, 0.6) is 0 Å². The van der Waals surface area contributed by atoms with Crippen molar-refractivity contribution in [3.63, 3.8) is 0 Å². The SMILES string of the molecule is CC[C](=[V])N(C)C.C[C](=[V])N(C)C.[CH2-]C(C)(C)[C@@H](C)C(C)C(C)(C)[C-](C)C.[W].[Y]. The predicted octanol–water partition coefficient (Wildman–Crippen LogP) is 5.63. The topological polar surface area (TPSA) is 6.48 Å². The quantitative estimate of drug-likeness (QED) is 0.314. The minimum atomic E-state index is 0. The molecule has 0 aromatic heterocycles. The zero-order chi connectivity index (χ0) is 22.7. The summed E-state index contributed by atoms with van der Waals surface area (Å²) in [6.45, 7) is 26.7. The van der Waals surface area contributed by atoms with Gasteiger partial charge in [-0.2, -0.15) is 24.7 Å². The largest absolute Gasteiger partial charge is 0.337 e. The van der Waals surface area contributed by atoms with Gasteiger partial charge in [0.25, 0.3) is 0 Å². The first-order valence-corrected chi connectivity index (χ1v) is 11.3. The zero-order valence-corrected chi connectivity index (χ0v) is 30.4. The maximum absolute atomic E-state index is 4.25. The van der Waals surface area contributed by atoms with Crippen LogP contribution in [-0.4, -0.2) is 46.7 Å². The van der Waals surface area contributed by atoms with Gasteiger partial charge in [-0.3, -0.25) is 0 Å². The first-order valence-electron chi connectivity index (χ1n) is 9.91. The van der Waals surface area contributed by atoms with E-state index in [2.05, 4.69) is 134 Å². The summed E-state index contributed by atoms with van der Waals surface area (Å²) in [5, 5.41) is 0. The van der Waals surface area contributed by atoms with E-state index in [9.17, 15) is 0 Å². The second-order valence-corrected chi connectivity index (χ2v) is 11.2. The van der Waals surface area contributed by atoms with Crippen molar-refractivity contribution < 1.29 is 87.7 Å². The molecule has 0 spiro atoms. The smallest absolute Gasteiger partial charge is 0 e. The fourth-order valence-electron chi connectivity index (χ4n) is 2.07. The number of hydrogen-bond acceptors (Lipinski definition) is 2. The molecule has 0 amide bonds. The van der Waals surface area contributed by atoms with Gasteiger partial charge in [-0.25, -0.2) is 0 Å². The summed E-state index contributed by atoms with van der Waals surface area (Å²) in [4.78, 5) is 4.17. The van der Waals surface area contributed by atoms with Crippen LogP contribution in [-0.2, 0) is 87.7 Å². The summed E-state index contributed by atoms with van der Waals surface area (Å²) in [6.07, 6.45) is 1.13. The number of nitrogens with zero attached hydrogens (tertiary/aromatic N) is 2. The molecule has 0 N–H and O–H groups in total. The standard InChI is InChI=1S/C14H28.C5H11N.C4H9N.2V.W.Y/c1-10(2)14(8,9)12(4)11(3)13(5,6)7;1-4-5-6(2)3;1-4-5(2)3;;;;/h11-12H,5H2,1-4,6-9H3;4H2,1-3H3;1-3H3;;;;/q-2;;;;;;/t11-,12?;;;;;;/m0....../s1. The Hall–Kier alpha value is 2.62. The van der Waals surface area contributed by atoms with Crippen molar-refractivity contribution in [3.8, 4) is 0 Å². The summed E-state index contributed by atoms with van der Waals surface area (Å²) < 4.78 is 2.65. The third-order valence-corrected chi connectivity index (χ3v) is 7.63. The summed E-state index contributed by atoms with van der Waals surface area (Å²) in [5.41, 5.74) is 0.473. The molecule has 0 aromatic carbocycles. The molecule has 6 heteroatoms. The molecule has 29 heavy (non-hydrogen) atoms. The maximum Gasteiger partial charge on any atom is 0 e. The van der Waals surface area contributed by atoms with Gasteiger partial charge in [-0.05, 0) is 0 Å². The number of hydrogen-bond donors (Lipinski definition) is 0. The van der Waals surface area contributed by atoms with Crippen LogP contribution in [0.15, 0.2) is 0 Å². The molecule has 0 saturated heterocycles. The predicted molar refractivity (Wildman–Crippen MR) is 119 cm³/mol. The van der Waals surface area contributed by atoms with Crippen molar-refractivity contribution in [2.45, 2.75) is 75.7 Å². The fourth-order valence-corrected chi connectivity index (χ4v) is 2.07. The van der Waals surface area contributed by atoms with Gasteiger partial charge in [0.05, 0.1) is 0 Å². The van der Waals surface area contributed by atoms with Gasteiger partial charge >= 0.3 is 101 Å². The van der Waals surface area contributed by atoms with E-state index in [4.69, 9.17) is 0 Å². The molecule has 0 heterocycles. The van der Waals surface area contributed by atoms with Crippen LogP contribution in [0.3, 0.4) is 0 Å². The van der Waals surface area contributed by atoms with E-state index in [1.807, 2.05) is 14.1 Å². The molecule has 0 aliphatic rings. The van der Waals surface area contributed by atoms with Gasteiger partial charge < -0.3 is 12.8 Å². The van der Waals surface area contributed by atoms with E-state index in [1.165, 1.54) is 14.6 Å². The molecule has 1 radical (unpaired) electrons. The molecule has 2 nitrogen and oxygen atoms in total. The van der Waals surface area contributed by atoms with Crippen LogP contribution in [0.4, 0.5) is 0 Å². The Labute approximate surface area is 243 Å². The monoisotopic (exact) mass is 727 g/mol. The van der Waals surface area contributed by atoms with Crippen LogP contribution in [0.25, 0.3) is 0 Å². The molecule has 0 fully saturated rings. The molecule has 0 saturated carbocycles. The van der Waals surface area contributed by atoms with Crippen molar-refractivity contribution in [3.05, 3.63) is 12.8 Å². The Morgan fingerprint density at radius 3 is 1.34 bits per heavy atom. The van der Waals surface area contributed by atoms with Gasteiger partial charge in [0.15, 0.2) is 0 Å².